The Morgan fingerprint density at radius 1 is 0.929 bits per heavy atom. The largest absolute Gasteiger partial charge is 0.490 e. The van der Waals surface area contributed by atoms with Gasteiger partial charge in [0.1, 0.15) is 6.61 Å². The Balaban J connectivity index is 0.00000316. The normalized spacial score (nSPS) is 20.4. The van der Waals surface area contributed by atoms with E-state index in [1.165, 1.54) is 100 Å². The zero-order chi connectivity index (χ0) is 27.8. The molecule has 2 aromatic carbocycles. The van der Waals surface area contributed by atoms with Gasteiger partial charge in [0.15, 0.2) is 11.5 Å². The molecule has 3 heterocycles. The SMILES string of the molecule is Cl.O=C(O)c1ccc2c(C3CCCCC3)c3n(c2c1)CCOc1c(OCCC2CCN(C4CCCC4)CC2)cccc1-3. The minimum absolute atomic E-state index is 0. The number of halogens is 1. The number of ether oxygens (including phenoxy) is 2. The van der Waals surface area contributed by atoms with Crippen molar-refractivity contribution in [2.24, 2.45) is 5.92 Å². The molecule has 2 aliphatic carbocycles. The van der Waals surface area contributed by atoms with Crippen molar-refractivity contribution in [3.63, 3.8) is 0 Å². The van der Waals surface area contributed by atoms with Crippen LogP contribution in [-0.4, -0.2) is 52.9 Å². The highest BCUT2D eigenvalue weighted by molar-refractivity contribution is 5.99. The summed E-state index contributed by atoms with van der Waals surface area (Å²) in [4.78, 5) is 14.6. The highest BCUT2D eigenvalue weighted by Gasteiger charge is 2.31. The van der Waals surface area contributed by atoms with Crippen molar-refractivity contribution in [2.45, 2.75) is 95.6 Å². The number of piperidine rings is 1. The summed E-state index contributed by atoms with van der Waals surface area (Å²) in [5.74, 6) is 2.02. The number of hydrogen-bond acceptors (Lipinski definition) is 4. The highest BCUT2D eigenvalue weighted by atomic mass is 35.5. The van der Waals surface area contributed by atoms with Gasteiger partial charge < -0.3 is 24.0 Å². The van der Waals surface area contributed by atoms with Crippen LogP contribution in [0.1, 0.15) is 98.9 Å². The van der Waals surface area contributed by atoms with E-state index in [1.54, 1.807) is 6.07 Å². The molecule has 0 unspecified atom stereocenters. The molecule has 0 bridgehead atoms. The first-order chi connectivity index (χ1) is 20.2. The van der Waals surface area contributed by atoms with E-state index in [-0.39, 0.29) is 12.4 Å². The van der Waals surface area contributed by atoms with E-state index in [0.29, 0.717) is 31.2 Å². The van der Waals surface area contributed by atoms with Gasteiger partial charge in [-0.25, -0.2) is 4.79 Å². The van der Waals surface area contributed by atoms with Crippen molar-refractivity contribution in [1.29, 1.82) is 0 Å². The number of rotatable bonds is 7. The minimum atomic E-state index is -0.883. The van der Waals surface area contributed by atoms with Gasteiger partial charge in [0.25, 0.3) is 0 Å². The number of aromatic nitrogens is 1. The molecule has 0 amide bonds. The molecule has 1 N–H and O–H groups in total. The van der Waals surface area contributed by atoms with Gasteiger partial charge in [-0.2, -0.15) is 0 Å². The first kappa shape index (κ1) is 29.4. The summed E-state index contributed by atoms with van der Waals surface area (Å²) in [5, 5.41) is 10.9. The van der Waals surface area contributed by atoms with Crippen molar-refractivity contribution in [1.82, 2.24) is 9.47 Å². The third-order valence-corrected chi connectivity index (χ3v) is 10.4. The second-order valence-electron chi connectivity index (χ2n) is 12.8. The molecule has 3 aromatic rings. The highest BCUT2D eigenvalue weighted by Crippen LogP contribution is 2.49. The molecule has 0 atom stereocenters. The molecule has 1 saturated heterocycles. The Hall–Kier alpha value is -2.70. The monoisotopic (exact) mass is 592 g/mol. The van der Waals surface area contributed by atoms with Gasteiger partial charge in [-0.05, 0) is 99.7 Å². The molecule has 7 rings (SSSR count). The summed E-state index contributed by atoms with van der Waals surface area (Å²) in [6, 6.07) is 12.8. The smallest absolute Gasteiger partial charge is 0.335 e. The van der Waals surface area contributed by atoms with E-state index >= 15 is 0 Å². The molecular weight excluding hydrogens is 548 g/mol. The van der Waals surface area contributed by atoms with Crippen molar-refractivity contribution < 1.29 is 19.4 Å². The van der Waals surface area contributed by atoms with Gasteiger partial charge in [-0.15, -0.1) is 12.4 Å². The van der Waals surface area contributed by atoms with E-state index in [2.05, 4.69) is 27.7 Å². The Morgan fingerprint density at radius 3 is 2.45 bits per heavy atom. The van der Waals surface area contributed by atoms with Crippen molar-refractivity contribution in [3.8, 4) is 22.8 Å². The van der Waals surface area contributed by atoms with Gasteiger partial charge in [-0.1, -0.05) is 44.2 Å². The second-order valence-corrected chi connectivity index (χ2v) is 12.8. The maximum absolute atomic E-state index is 11.9. The zero-order valence-electron chi connectivity index (χ0n) is 24.7. The van der Waals surface area contributed by atoms with Crippen LogP contribution in [0.4, 0.5) is 0 Å². The van der Waals surface area contributed by atoms with Gasteiger partial charge in [0.05, 0.1) is 24.4 Å². The number of nitrogens with zero attached hydrogens (tertiary/aromatic N) is 2. The van der Waals surface area contributed by atoms with E-state index in [0.717, 1.165) is 41.0 Å². The Kier molecular flexibility index (Phi) is 9.01. The molecule has 2 saturated carbocycles. The number of aromatic carboxylic acids is 1. The number of likely N-dealkylation sites (tertiary alicyclic amines) is 1. The summed E-state index contributed by atoms with van der Waals surface area (Å²) in [5.41, 5.74) is 5.00. The Morgan fingerprint density at radius 2 is 1.69 bits per heavy atom. The summed E-state index contributed by atoms with van der Waals surface area (Å²) < 4.78 is 15.2. The maximum Gasteiger partial charge on any atom is 0.335 e. The van der Waals surface area contributed by atoms with Gasteiger partial charge in [-0.3, -0.25) is 0 Å². The molecule has 3 fully saturated rings. The predicted molar refractivity (Wildman–Crippen MR) is 170 cm³/mol. The van der Waals surface area contributed by atoms with E-state index in [9.17, 15) is 9.90 Å². The van der Waals surface area contributed by atoms with Crippen LogP contribution in [0.15, 0.2) is 36.4 Å². The quantitative estimate of drug-likeness (QED) is 0.299. The van der Waals surface area contributed by atoms with Crippen LogP contribution in [-0.2, 0) is 6.54 Å². The molecule has 2 aliphatic heterocycles. The van der Waals surface area contributed by atoms with Gasteiger partial charge in [0.2, 0.25) is 0 Å². The van der Waals surface area contributed by atoms with Crippen LogP contribution < -0.4 is 9.47 Å². The van der Waals surface area contributed by atoms with Crippen LogP contribution in [0.3, 0.4) is 0 Å². The molecule has 0 radical (unpaired) electrons. The topological polar surface area (TPSA) is 63.9 Å². The minimum Gasteiger partial charge on any atom is -0.490 e. The summed E-state index contributed by atoms with van der Waals surface area (Å²) in [6.45, 7) is 4.43. The van der Waals surface area contributed by atoms with Crippen molar-refractivity contribution in [2.75, 3.05) is 26.3 Å². The number of benzene rings is 2. The lowest BCUT2D eigenvalue weighted by atomic mass is 9.81. The Bertz CT molecular complexity index is 1400. The number of carboxylic acid groups (broad SMARTS) is 1. The molecule has 7 heteroatoms. The van der Waals surface area contributed by atoms with Gasteiger partial charge >= 0.3 is 5.97 Å². The lowest BCUT2D eigenvalue weighted by Gasteiger charge is -2.36. The fraction of sp³-hybridized carbons (Fsp3) is 0.571. The lowest BCUT2D eigenvalue weighted by Crippen LogP contribution is -2.40. The van der Waals surface area contributed by atoms with Crippen LogP contribution >= 0.6 is 12.4 Å². The average molecular weight is 593 g/mol. The third kappa shape index (κ3) is 5.65. The number of carbonyl (C=O) groups is 1. The van der Waals surface area contributed by atoms with Crippen LogP contribution in [0, 0.1) is 5.92 Å². The zero-order valence-corrected chi connectivity index (χ0v) is 25.5. The lowest BCUT2D eigenvalue weighted by molar-refractivity contribution is 0.0697. The summed E-state index contributed by atoms with van der Waals surface area (Å²) in [7, 11) is 0. The molecular formula is C35H45ClN2O4. The number of hydrogen-bond donors (Lipinski definition) is 1. The summed E-state index contributed by atoms with van der Waals surface area (Å²) >= 11 is 0. The molecule has 42 heavy (non-hydrogen) atoms. The van der Waals surface area contributed by atoms with Crippen LogP contribution in [0.25, 0.3) is 22.2 Å². The fourth-order valence-corrected chi connectivity index (χ4v) is 8.25. The Labute approximate surface area is 255 Å². The first-order valence-electron chi connectivity index (χ1n) is 16.2. The van der Waals surface area contributed by atoms with E-state index in [1.807, 2.05) is 12.1 Å². The fourth-order valence-electron chi connectivity index (χ4n) is 8.25. The number of para-hydroxylation sites is 1. The second kappa shape index (κ2) is 12.9. The predicted octanol–water partition coefficient (Wildman–Crippen LogP) is 8.29. The number of carboxylic acids is 1. The molecule has 4 aliphatic rings. The van der Waals surface area contributed by atoms with Crippen molar-refractivity contribution in [3.05, 3.63) is 47.5 Å². The van der Waals surface area contributed by atoms with Gasteiger partial charge in [0, 0.05) is 22.5 Å². The first-order valence-corrected chi connectivity index (χ1v) is 16.2. The molecule has 226 valence electrons. The standard InChI is InChI=1S/C35H44N2O4.ClH/c38-35(39)26-13-14-28-30(23-26)37-20-22-41-34-29(33(37)32(28)25-7-2-1-3-8-25)11-6-12-31(34)40-21-17-24-15-18-36(19-16-24)27-9-4-5-10-27;/h6,11-14,23-25,27H,1-5,7-10,15-22H2,(H,38,39);1H. The summed E-state index contributed by atoms with van der Waals surface area (Å²) in [6.07, 6.45) is 15.4. The number of fused-ring (bicyclic) bond motifs is 5. The molecule has 6 nitrogen and oxygen atoms in total. The third-order valence-electron chi connectivity index (χ3n) is 10.4. The average Bonchev–Trinajstić information content (AvgIpc) is 3.60. The van der Waals surface area contributed by atoms with E-state index in [4.69, 9.17) is 9.47 Å². The van der Waals surface area contributed by atoms with Crippen LogP contribution in [0.5, 0.6) is 11.5 Å². The van der Waals surface area contributed by atoms with Crippen LogP contribution in [0.2, 0.25) is 0 Å². The maximum atomic E-state index is 11.9. The van der Waals surface area contributed by atoms with E-state index < -0.39 is 5.97 Å². The van der Waals surface area contributed by atoms with Crippen molar-refractivity contribution >= 4 is 29.3 Å². The molecule has 1 aromatic heterocycles. The molecule has 0 spiro atoms.